The van der Waals surface area contributed by atoms with Gasteiger partial charge in [-0.2, -0.15) is 5.10 Å². The third kappa shape index (κ3) is 3.35. The number of para-hydroxylation sites is 1. The molecule has 22 heavy (non-hydrogen) atoms. The number of amides is 1. The van der Waals surface area contributed by atoms with Crippen LogP contribution in [0, 0.1) is 0 Å². The van der Waals surface area contributed by atoms with E-state index in [1.54, 1.807) is 18.3 Å². The van der Waals surface area contributed by atoms with Crippen molar-refractivity contribution in [2.24, 2.45) is 5.10 Å². The molecule has 0 saturated carbocycles. The van der Waals surface area contributed by atoms with Crippen LogP contribution < -0.4 is 5.43 Å². The van der Waals surface area contributed by atoms with Crippen molar-refractivity contribution < 1.29 is 4.79 Å². The quantitative estimate of drug-likeness (QED) is 0.562. The van der Waals surface area contributed by atoms with Crippen LogP contribution in [-0.2, 0) is 11.2 Å². The molecule has 110 valence electrons. The molecule has 3 aromatic rings. The topological polar surface area (TPSA) is 57.2 Å². The molecule has 0 fully saturated rings. The molecule has 0 aliphatic heterocycles. The number of hydrazone groups is 1. The number of carbonyl (C=O) groups is 1. The van der Waals surface area contributed by atoms with E-state index in [9.17, 15) is 4.79 Å². The number of fused-ring (bicyclic) bond motifs is 1. The molecular weight excluding hydrogens is 298 g/mol. The Morgan fingerprint density at radius 2 is 2.09 bits per heavy atom. The molecule has 2 N–H and O–H groups in total. The Bertz CT molecular complexity index is 839. The van der Waals surface area contributed by atoms with E-state index in [4.69, 9.17) is 11.6 Å². The van der Waals surface area contributed by atoms with Gasteiger partial charge in [-0.05, 0) is 29.3 Å². The van der Waals surface area contributed by atoms with Crippen molar-refractivity contribution in [3.63, 3.8) is 0 Å². The molecule has 0 atom stereocenters. The van der Waals surface area contributed by atoms with Crippen LogP contribution in [0.3, 0.4) is 0 Å². The van der Waals surface area contributed by atoms with Crippen molar-refractivity contribution >= 4 is 34.6 Å². The van der Waals surface area contributed by atoms with Gasteiger partial charge in [0.25, 0.3) is 0 Å². The Morgan fingerprint density at radius 1 is 1.23 bits per heavy atom. The maximum Gasteiger partial charge on any atom is 0.244 e. The highest BCUT2D eigenvalue weighted by Crippen LogP contribution is 2.17. The van der Waals surface area contributed by atoms with Gasteiger partial charge in [0.1, 0.15) is 0 Å². The fourth-order valence-electron chi connectivity index (χ4n) is 2.26. The van der Waals surface area contributed by atoms with Crippen LogP contribution in [0.25, 0.3) is 10.9 Å². The lowest BCUT2D eigenvalue weighted by atomic mass is 10.1. The highest BCUT2D eigenvalue weighted by Gasteiger charge is 2.07. The zero-order valence-corrected chi connectivity index (χ0v) is 12.5. The van der Waals surface area contributed by atoms with Gasteiger partial charge in [0.2, 0.25) is 5.91 Å². The fourth-order valence-corrected chi connectivity index (χ4v) is 2.45. The second-order valence-electron chi connectivity index (χ2n) is 4.88. The standard InChI is InChI=1S/C17H14ClN3O/c18-14-5-3-4-12(8-14)10-20-21-17(22)9-13-11-19-16-7-2-1-6-15(13)16/h1-8,10-11,19H,9H2,(H,21,22)/b20-10+. The maximum absolute atomic E-state index is 11.9. The largest absolute Gasteiger partial charge is 0.361 e. The first-order chi connectivity index (χ1) is 10.7. The summed E-state index contributed by atoms with van der Waals surface area (Å²) in [5.41, 5.74) is 5.33. The van der Waals surface area contributed by atoms with Crippen LogP contribution in [0.2, 0.25) is 5.02 Å². The maximum atomic E-state index is 11.9. The van der Waals surface area contributed by atoms with Crippen LogP contribution >= 0.6 is 11.6 Å². The van der Waals surface area contributed by atoms with Crippen LogP contribution in [0.5, 0.6) is 0 Å². The predicted octanol–water partition coefficient (Wildman–Crippen LogP) is 3.51. The minimum atomic E-state index is -0.164. The van der Waals surface area contributed by atoms with E-state index in [0.717, 1.165) is 22.0 Å². The summed E-state index contributed by atoms with van der Waals surface area (Å²) < 4.78 is 0. The van der Waals surface area contributed by atoms with E-state index in [-0.39, 0.29) is 12.3 Å². The SMILES string of the molecule is O=C(Cc1c[nH]c2ccccc12)N/N=C/c1cccc(Cl)c1. The molecule has 0 radical (unpaired) electrons. The van der Waals surface area contributed by atoms with Crippen LogP contribution in [0.1, 0.15) is 11.1 Å². The van der Waals surface area contributed by atoms with Crippen molar-refractivity contribution in [2.75, 3.05) is 0 Å². The molecule has 3 rings (SSSR count). The Morgan fingerprint density at radius 3 is 2.95 bits per heavy atom. The number of nitrogens with one attached hydrogen (secondary N) is 2. The summed E-state index contributed by atoms with van der Waals surface area (Å²) in [4.78, 5) is 15.1. The highest BCUT2D eigenvalue weighted by atomic mass is 35.5. The molecule has 1 heterocycles. The third-order valence-corrected chi connectivity index (χ3v) is 3.51. The van der Waals surface area contributed by atoms with Crippen LogP contribution in [0.4, 0.5) is 0 Å². The average Bonchev–Trinajstić information content (AvgIpc) is 2.91. The lowest BCUT2D eigenvalue weighted by Gasteiger charge is -1.99. The second kappa shape index (κ2) is 6.45. The summed E-state index contributed by atoms with van der Waals surface area (Å²) in [6, 6.07) is 15.1. The van der Waals surface area contributed by atoms with Gasteiger partial charge in [-0.3, -0.25) is 4.79 Å². The molecule has 0 bridgehead atoms. The summed E-state index contributed by atoms with van der Waals surface area (Å²) in [7, 11) is 0. The molecule has 0 saturated heterocycles. The number of hydrogen-bond acceptors (Lipinski definition) is 2. The minimum Gasteiger partial charge on any atom is -0.361 e. The van der Waals surface area contributed by atoms with Gasteiger partial charge >= 0.3 is 0 Å². The number of aromatic amines is 1. The van der Waals surface area contributed by atoms with Gasteiger partial charge in [0.15, 0.2) is 0 Å². The summed E-state index contributed by atoms with van der Waals surface area (Å²) in [5.74, 6) is -0.164. The monoisotopic (exact) mass is 311 g/mol. The summed E-state index contributed by atoms with van der Waals surface area (Å²) >= 11 is 5.88. The number of nitrogens with zero attached hydrogens (tertiary/aromatic N) is 1. The number of rotatable bonds is 4. The van der Waals surface area contributed by atoms with Gasteiger partial charge < -0.3 is 4.98 Å². The Balaban J connectivity index is 1.63. The van der Waals surface area contributed by atoms with Gasteiger partial charge in [-0.1, -0.05) is 41.9 Å². The number of H-pyrrole nitrogens is 1. The van der Waals surface area contributed by atoms with E-state index < -0.39 is 0 Å². The normalized spacial score (nSPS) is 11.1. The molecule has 5 heteroatoms. The minimum absolute atomic E-state index is 0.164. The Labute approximate surface area is 132 Å². The van der Waals surface area contributed by atoms with Crippen molar-refractivity contribution in [3.05, 3.63) is 70.9 Å². The van der Waals surface area contributed by atoms with Crippen LogP contribution in [-0.4, -0.2) is 17.1 Å². The molecule has 2 aromatic carbocycles. The first-order valence-corrected chi connectivity index (χ1v) is 7.22. The molecule has 0 spiro atoms. The molecular formula is C17H14ClN3O. The molecule has 1 aromatic heterocycles. The van der Waals surface area contributed by atoms with Crippen molar-refractivity contribution in [2.45, 2.75) is 6.42 Å². The summed E-state index contributed by atoms with van der Waals surface area (Å²) in [5, 5.41) is 5.64. The fraction of sp³-hybridized carbons (Fsp3) is 0.0588. The van der Waals surface area contributed by atoms with Gasteiger partial charge in [-0.25, -0.2) is 5.43 Å². The van der Waals surface area contributed by atoms with Crippen LogP contribution in [0.15, 0.2) is 59.8 Å². The second-order valence-corrected chi connectivity index (χ2v) is 5.32. The molecule has 0 aliphatic rings. The van der Waals surface area contributed by atoms with E-state index in [0.29, 0.717) is 5.02 Å². The zero-order chi connectivity index (χ0) is 15.4. The highest BCUT2D eigenvalue weighted by molar-refractivity contribution is 6.30. The van der Waals surface area contributed by atoms with Crippen molar-refractivity contribution in [1.29, 1.82) is 0 Å². The third-order valence-electron chi connectivity index (χ3n) is 3.28. The van der Waals surface area contributed by atoms with Gasteiger partial charge in [-0.15, -0.1) is 0 Å². The first-order valence-electron chi connectivity index (χ1n) is 6.85. The van der Waals surface area contributed by atoms with Gasteiger partial charge in [0, 0.05) is 22.1 Å². The number of carbonyl (C=O) groups excluding carboxylic acids is 1. The number of halogens is 1. The lowest BCUT2D eigenvalue weighted by molar-refractivity contribution is -0.120. The lowest BCUT2D eigenvalue weighted by Crippen LogP contribution is -2.19. The molecule has 0 aliphatic carbocycles. The predicted molar refractivity (Wildman–Crippen MR) is 89.2 cm³/mol. The Hall–Kier alpha value is -2.59. The van der Waals surface area contributed by atoms with Gasteiger partial charge in [0.05, 0.1) is 12.6 Å². The Kier molecular flexibility index (Phi) is 4.21. The van der Waals surface area contributed by atoms with E-state index in [1.807, 2.05) is 42.6 Å². The smallest absolute Gasteiger partial charge is 0.244 e. The molecule has 4 nitrogen and oxygen atoms in total. The van der Waals surface area contributed by atoms with E-state index in [2.05, 4.69) is 15.5 Å². The van der Waals surface area contributed by atoms with Crippen molar-refractivity contribution in [1.82, 2.24) is 10.4 Å². The van der Waals surface area contributed by atoms with E-state index in [1.165, 1.54) is 0 Å². The number of hydrogen-bond donors (Lipinski definition) is 2. The molecule has 0 unspecified atom stereocenters. The summed E-state index contributed by atoms with van der Waals surface area (Å²) in [6.07, 6.45) is 3.70. The first kappa shape index (κ1) is 14.4. The van der Waals surface area contributed by atoms with E-state index >= 15 is 0 Å². The molecule has 1 amide bonds. The summed E-state index contributed by atoms with van der Waals surface area (Å²) in [6.45, 7) is 0. The average molecular weight is 312 g/mol. The zero-order valence-electron chi connectivity index (χ0n) is 11.7. The van der Waals surface area contributed by atoms with Crippen molar-refractivity contribution in [3.8, 4) is 0 Å². The number of benzene rings is 2. The number of aromatic nitrogens is 1.